The topological polar surface area (TPSA) is 55.0 Å². The van der Waals surface area contributed by atoms with E-state index in [0.29, 0.717) is 11.0 Å². The highest BCUT2D eigenvalue weighted by Crippen LogP contribution is 2.58. The molecule has 1 aliphatic carbocycles. The molecular formula is C13H14N4S. The van der Waals surface area contributed by atoms with Crippen LogP contribution in [0.3, 0.4) is 0 Å². The number of rotatable bonds is 2. The highest BCUT2D eigenvalue weighted by Gasteiger charge is 2.57. The van der Waals surface area contributed by atoms with Gasteiger partial charge < -0.3 is 10.6 Å². The molecule has 0 radical (unpaired) electrons. The summed E-state index contributed by atoms with van der Waals surface area (Å²) in [6.45, 7) is 2.20. The molecule has 2 atom stereocenters. The number of hydrogen-bond acceptors (Lipinski definition) is 5. The van der Waals surface area contributed by atoms with Crippen LogP contribution < -0.4 is 10.6 Å². The zero-order valence-corrected chi connectivity index (χ0v) is 10.7. The number of nitrogens with two attached hydrogens (primary N) is 1. The quantitative estimate of drug-likeness (QED) is 0.894. The van der Waals surface area contributed by atoms with Gasteiger partial charge >= 0.3 is 0 Å². The van der Waals surface area contributed by atoms with E-state index < -0.39 is 0 Å². The van der Waals surface area contributed by atoms with Crippen LogP contribution in [-0.4, -0.2) is 23.1 Å². The van der Waals surface area contributed by atoms with E-state index in [-0.39, 0.29) is 0 Å². The number of pyridine rings is 1. The largest absolute Gasteiger partial charge is 0.375 e. The first-order valence-electron chi connectivity index (χ1n) is 6.20. The lowest BCUT2D eigenvalue weighted by Gasteiger charge is -2.20. The molecule has 18 heavy (non-hydrogen) atoms. The highest BCUT2D eigenvalue weighted by atomic mass is 32.1. The Kier molecular flexibility index (Phi) is 2.11. The number of nitrogens with zero attached hydrogens (tertiary/aromatic N) is 3. The van der Waals surface area contributed by atoms with E-state index >= 15 is 0 Å². The smallest absolute Gasteiger partial charge is 0.180 e. The van der Waals surface area contributed by atoms with Gasteiger partial charge in [0.1, 0.15) is 5.82 Å². The minimum Gasteiger partial charge on any atom is -0.375 e. The van der Waals surface area contributed by atoms with E-state index in [9.17, 15) is 0 Å². The van der Waals surface area contributed by atoms with Gasteiger partial charge in [0.2, 0.25) is 0 Å². The lowest BCUT2D eigenvalue weighted by atomic mass is 10.2. The van der Waals surface area contributed by atoms with Gasteiger partial charge in [-0.25, -0.2) is 9.97 Å². The molecule has 0 bridgehead atoms. The highest BCUT2D eigenvalue weighted by molar-refractivity contribution is 7.13. The summed E-state index contributed by atoms with van der Waals surface area (Å²) >= 11 is 1.55. The van der Waals surface area contributed by atoms with Crippen molar-refractivity contribution in [3.8, 4) is 0 Å². The Labute approximate surface area is 109 Å². The molecule has 1 saturated heterocycles. The molecule has 2 unspecified atom stereocenters. The molecule has 5 heteroatoms. The zero-order chi connectivity index (χ0) is 12.1. The van der Waals surface area contributed by atoms with Crippen LogP contribution in [0.25, 0.3) is 0 Å². The monoisotopic (exact) mass is 258 g/mol. The standard InChI is InChI=1S/C13H14N4S/c14-13-16-10(7-18-13)12-8-5-17(6-9(8)12)11-3-1-2-4-15-11/h1-4,7-9,12H,5-6H2,(H2,14,16). The molecule has 1 aliphatic heterocycles. The minimum atomic E-state index is 0.638. The van der Waals surface area contributed by atoms with Crippen molar-refractivity contribution in [2.75, 3.05) is 23.7 Å². The van der Waals surface area contributed by atoms with Gasteiger partial charge in [-0.2, -0.15) is 0 Å². The fraction of sp³-hybridized carbons (Fsp3) is 0.385. The van der Waals surface area contributed by atoms with E-state index in [1.807, 2.05) is 18.3 Å². The first-order valence-corrected chi connectivity index (χ1v) is 7.08. The van der Waals surface area contributed by atoms with Gasteiger partial charge in [0.05, 0.1) is 5.69 Å². The van der Waals surface area contributed by atoms with E-state index in [2.05, 4.69) is 26.3 Å². The fourth-order valence-corrected chi connectivity index (χ4v) is 3.76. The zero-order valence-electron chi connectivity index (χ0n) is 9.86. The predicted octanol–water partition coefficient (Wildman–Crippen LogP) is 1.97. The SMILES string of the molecule is Nc1nc(C2C3CN(c4ccccn4)CC32)cs1. The van der Waals surface area contributed by atoms with Gasteiger partial charge in [-0.1, -0.05) is 6.07 Å². The number of nitrogen functional groups attached to an aromatic ring is 1. The second kappa shape index (κ2) is 3.68. The second-order valence-electron chi connectivity index (χ2n) is 5.06. The van der Waals surface area contributed by atoms with Crippen LogP contribution in [0, 0.1) is 11.8 Å². The van der Waals surface area contributed by atoms with Gasteiger partial charge in [-0.15, -0.1) is 11.3 Å². The van der Waals surface area contributed by atoms with Crippen molar-refractivity contribution >= 4 is 22.3 Å². The van der Waals surface area contributed by atoms with Crippen molar-refractivity contribution in [3.05, 3.63) is 35.5 Å². The van der Waals surface area contributed by atoms with Crippen LogP contribution in [0.5, 0.6) is 0 Å². The molecule has 4 rings (SSSR count). The summed E-state index contributed by atoms with van der Waals surface area (Å²) in [5.74, 6) is 3.22. The summed E-state index contributed by atoms with van der Waals surface area (Å²) in [7, 11) is 0. The third-order valence-corrected chi connectivity index (χ3v) is 4.74. The maximum absolute atomic E-state index is 5.70. The molecule has 0 aromatic carbocycles. The van der Waals surface area contributed by atoms with Crippen LogP contribution in [0.1, 0.15) is 11.6 Å². The normalized spacial score (nSPS) is 29.3. The van der Waals surface area contributed by atoms with Crippen molar-refractivity contribution in [1.82, 2.24) is 9.97 Å². The number of aromatic nitrogens is 2. The maximum atomic E-state index is 5.70. The first-order chi connectivity index (χ1) is 8.83. The average molecular weight is 258 g/mol. The fourth-order valence-electron chi connectivity index (χ4n) is 3.15. The molecule has 2 aliphatic rings. The molecule has 92 valence electrons. The minimum absolute atomic E-state index is 0.638. The molecule has 4 nitrogen and oxygen atoms in total. The van der Waals surface area contributed by atoms with Crippen molar-refractivity contribution in [3.63, 3.8) is 0 Å². The van der Waals surface area contributed by atoms with Crippen molar-refractivity contribution in [2.24, 2.45) is 11.8 Å². The Bertz CT molecular complexity index is 555. The lowest BCUT2D eigenvalue weighted by Crippen LogP contribution is -2.24. The van der Waals surface area contributed by atoms with Crippen LogP contribution >= 0.6 is 11.3 Å². The molecule has 0 spiro atoms. The Morgan fingerprint density at radius 3 is 2.72 bits per heavy atom. The molecule has 0 amide bonds. The third kappa shape index (κ3) is 1.50. The summed E-state index contributed by atoms with van der Waals surface area (Å²) in [5.41, 5.74) is 6.90. The summed E-state index contributed by atoms with van der Waals surface area (Å²) in [6.07, 6.45) is 1.86. The van der Waals surface area contributed by atoms with E-state index in [1.54, 1.807) is 11.3 Å². The first kappa shape index (κ1) is 10.3. The molecule has 2 aromatic rings. The summed E-state index contributed by atoms with van der Waals surface area (Å²) in [4.78, 5) is 11.2. The number of hydrogen-bond donors (Lipinski definition) is 1. The second-order valence-corrected chi connectivity index (χ2v) is 5.95. The van der Waals surface area contributed by atoms with E-state index in [4.69, 9.17) is 5.73 Å². The van der Waals surface area contributed by atoms with Crippen LogP contribution in [0.2, 0.25) is 0 Å². The summed E-state index contributed by atoms with van der Waals surface area (Å²) in [6, 6.07) is 6.09. The van der Waals surface area contributed by atoms with Gasteiger partial charge in [0.15, 0.2) is 5.13 Å². The number of thiazole rings is 1. The molecular weight excluding hydrogens is 244 g/mol. The lowest BCUT2D eigenvalue weighted by molar-refractivity contribution is 0.735. The Balaban J connectivity index is 1.48. The Morgan fingerprint density at radius 2 is 2.11 bits per heavy atom. The van der Waals surface area contributed by atoms with Crippen LogP contribution in [0.4, 0.5) is 10.9 Å². The number of anilines is 2. The molecule has 3 heterocycles. The van der Waals surface area contributed by atoms with Gasteiger partial charge in [0.25, 0.3) is 0 Å². The molecule has 2 fully saturated rings. The van der Waals surface area contributed by atoms with Crippen molar-refractivity contribution < 1.29 is 0 Å². The number of piperidine rings is 1. The van der Waals surface area contributed by atoms with Gasteiger partial charge in [-0.3, -0.25) is 0 Å². The molecule has 1 saturated carbocycles. The van der Waals surface area contributed by atoms with Crippen molar-refractivity contribution in [1.29, 1.82) is 0 Å². The van der Waals surface area contributed by atoms with Gasteiger partial charge in [-0.05, 0) is 24.0 Å². The molecule has 2 aromatic heterocycles. The Hall–Kier alpha value is -1.62. The number of fused-ring (bicyclic) bond motifs is 1. The van der Waals surface area contributed by atoms with Crippen molar-refractivity contribution in [2.45, 2.75) is 5.92 Å². The predicted molar refractivity (Wildman–Crippen MR) is 72.7 cm³/mol. The van der Waals surface area contributed by atoms with E-state index in [1.165, 1.54) is 5.69 Å². The Morgan fingerprint density at radius 1 is 1.28 bits per heavy atom. The van der Waals surface area contributed by atoms with Crippen LogP contribution in [0.15, 0.2) is 29.8 Å². The average Bonchev–Trinajstić information content (AvgIpc) is 2.80. The van der Waals surface area contributed by atoms with E-state index in [0.717, 1.165) is 30.7 Å². The third-order valence-electron chi connectivity index (χ3n) is 4.05. The van der Waals surface area contributed by atoms with Crippen LogP contribution in [-0.2, 0) is 0 Å². The maximum Gasteiger partial charge on any atom is 0.180 e. The summed E-state index contributed by atoms with van der Waals surface area (Å²) < 4.78 is 0. The molecule has 2 N–H and O–H groups in total. The van der Waals surface area contributed by atoms with Gasteiger partial charge in [0, 0.05) is 30.6 Å². The summed E-state index contributed by atoms with van der Waals surface area (Å²) in [5, 5.41) is 2.81.